The van der Waals surface area contributed by atoms with Gasteiger partial charge >= 0.3 is 0 Å². The third-order valence-corrected chi connectivity index (χ3v) is 4.16. The first-order chi connectivity index (χ1) is 12.7. The number of guanidine groups is 1. The largest absolute Gasteiger partial charge is 0.386 e. The summed E-state index contributed by atoms with van der Waals surface area (Å²) in [5.41, 5.74) is 0.648. The molecule has 0 bridgehead atoms. The van der Waals surface area contributed by atoms with Crippen LogP contribution in [0.4, 0.5) is 4.39 Å². The summed E-state index contributed by atoms with van der Waals surface area (Å²) >= 11 is 0. The van der Waals surface area contributed by atoms with E-state index in [1.54, 1.807) is 12.1 Å². The molecule has 0 aromatic heterocycles. The number of halogens is 1. The minimum atomic E-state index is -0.761. The fraction of sp³-hybridized carbons (Fsp3) is 0.632. The molecule has 6 nitrogen and oxygen atoms in total. The van der Waals surface area contributed by atoms with Gasteiger partial charge in [-0.05, 0) is 37.5 Å². The van der Waals surface area contributed by atoms with Gasteiger partial charge in [0.25, 0.3) is 0 Å². The number of aliphatic imine (C=N–C) groups is 1. The van der Waals surface area contributed by atoms with Gasteiger partial charge in [-0.25, -0.2) is 4.39 Å². The number of rotatable bonds is 10. The summed E-state index contributed by atoms with van der Waals surface area (Å²) < 4.78 is 23.9. The van der Waals surface area contributed by atoms with Gasteiger partial charge in [0.05, 0.1) is 25.9 Å². The van der Waals surface area contributed by atoms with E-state index in [2.05, 4.69) is 15.6 Å². The van der Waals surface area contributed by atoms with E-state index >= 15 is 0 Å². The summed E-state index contributed by atoms with van der Waals surface area (Å²) in [6.07, 6.45) is 1.20. The Hall–Kier alpha value is -1.70. The second-order valence-electron chi connectivity index (χ2n) is 6.37. The van der Waals surface area contributed by atoms with E-state index in [9.17, 15) is 9.50 Å². The Bertz CT molecular complexity index is 533. The predicted octanol–water partition coefficient (Wildman–Crippen LogP) is 1.86. The van der Waals surface area contributed by atoms with Crippen molar-refractivity contribution in [3.63, 3.8) is 0 Å². The fourth-order valence-corrected chi connectivity index (χ4v) is 2.66. The molecular weight excluding hydrogens is 337 g/mol. The molecule has 146 valence electrons. The van der Waals surface area contributed by atoms with Crippen molar-refractivity contribution in [1.29, 1.82) is 0 Å². The molecule has 1 saturated heterocycles. The Morgan fingerprint density at radius 1 is 1.38 bits per heavy atom. The molecule has 1 aliphatic heterocycles. The number of aliphatic hydroxyl groups excluding tert-OH is 1. The first-order valence-electron chi connectivity index (χ1n) is 9.30. The van der Waals surface area contributed by atoms with Crippen LogP contribution in [0.3, 0.4) is 0 Å². The lowest BCUT2D eigenvalue weighted by atomic mass is 10.1. The maximum Gasteiger partial charge on any atom is 0.191 e. The van der Waals surface area contributed by atoms with Crippen LogP contribution in [0.1, 0.15) is 31.4 Å². The molecule has 1 heterocycles. The number of benzene rings is 1. The highest BCUT2D eigenvalue weighted by molar-refractivity contribution is 5.79. The van der Waals surface area contributed by atoms with Crippen LogP contribution < -0.4 is 10.6 Å². The second kappa shape index (κ2) is 11.8. The van der Waals surface area contributed by atoms with Gasteiger partial charge in [0.1, 0.15) is 5.82 Å². The van der Waals surface area contributed by atoms with Gasteiger partial charge in [0, 0.05) is 32.2 Å². The molecule has 2 rings (SSSR count). The highest BCUT2D eigenvalue weighted by Gasteiger charge is 2.15. The molecule has 1 aromatic rings. The highest BCUT2D eigenvalue weighted by Crippen LogP contribution is 2.13. The molecule has 1 fully saturated rings. The van der Waals surface area contributed by atoms with Crippen LogP contribution in [-0.4, -0.2) is 57.1 Å². The number of hydrogen-bond donors (Lipinski definition) is 3. The third kappa shape index (κ3) is 7.68. The summed E-state index contributed by atoms with van der Waals surface area (Å²) in [6, 6.07) is 5.82. The normalized spacial score (nSPS) is 18.7. The fourth-order valence-electron chi connectivity index (χ4n) is 2.66. The molecule has 3 N–H and O–H groups in total. The lowest BCUT2D eigenvalue weighted by molar-refractivity contribution is 0.0888. The number of nitrogens with zero attached hydrogens (tertiary/aromatic N) is 1. The number of aliphatic hydroxyl groups is 1. The van der Waals surface area contributed by atoms with Crippen LogP contribution in [0.2, 0.25) is 0 Å². The number of nitrogens with one attached hydrogen (secondary N) is 2. The molecule has 7 heteroatoms. The predicted molar refractivity (Wildman–Crippen MR) is 99.7 cm³/mol. The van der Waals surface area contributed by atoms with Crippen molar-refractivity contribution in [2.45, 2.75) is 25.9 Å². The average Bonchev–Trinajstić information content (AvgIpc) is 3.16. The van der Waals surface area contributed by atoms with Crippen LogP contribution >= 0.6 is 0 Å². The summed E-state index contributed by atoms with van der Waals surface area (Å²) in [6.45, 7) is 6.78. The average molecular weight is 367 g/mol. The Kier molecular flexibility index (Phi) is 9.38. The zero-order chi connectivity index (χ0) is 18.6. The summed E-state index contributed by atoms with van der Waals surface area (Å²) in [4.78, 5) is 4.39. The van der Waals surface area contributed by atoms with Crippen molar-refractivity contribution >= 4 is 5.96 Å². The summed E-state index contributed by atoms with van der Waals surface area (Å²) in [7, 11) is 0. The van der Waals surface area contributed by atoms with Crippen molar-refractivity contribution in [1.82, 2.24) is 10.6 Å². The Morgan fingerprint density at radius 3 is 2.88 bits per heavy atom. The number of hydrogen-bond acceptors (Lipinski definition) is 4. The van der Waals surface area contributed by atoms with Crippen molar-refractivity contribution in [2.75, 3.05) is 46.1 Å². The molecule has 1 aromatic carbocycles. The van der Waals surface area contributed by atoms with Crippen molar-refractivity contribution in [2.24, 2.45) is 10.9 Å². The smallest absolute Gasteiger partial charge is 0.191 e. The summed E-state index contributed by atoms with van der Waals surface area (Å²) in [5.74, 6) is 0.870. The van der Waals surface area contributed by atoms with Crippen molar-refractivity contribution < 1.29 is 19.0 Å². The highest BCUT2D eigenvalue weighted by atomic mass is 19.1. The molecule has 1 aliphatic rings. The minimum Gasteiger partial charge on any atom is -0.386 e. The quantitative estimate of drug-likeness (QED) is 0.334. The van der Waals surface area contributed by atoms with E-state index < -0.39 is 6.10 Å². The van der Waals surface area contributed by atoms with Crippen LogP contribution in [0.5, 0.6) is 0 Å². The number of ether oxygens (including phenoxy) is 2. The third-order valence-electron chi connectivity index (χ3n) is 4.16. The van der Waals surface area contributed by atoms with Crippen molar-refractivity contribution in [3.05, 3.63) is 35.6 Å². The SMILES string of the molecule is CCNC(=NCC(O)c1ccc(F)cc1)NCCCOCC1CCOC1. The first kappa shape index (κ1) is 20.6. The maximum absolute atomic E-state index is 12.9. The van der Waals surface area contributed by atoms with E-state index in [0.29, 0.717) is 24.0 Å². The molecule has 0 aliphatic carbocycles. The lowest BCUT2D eigenvalue weighted by Gasteiger charge is -2.14. The standard InChI is InChI=1S/C19H30FN3O3/c1-2-21-19(22-9-3-10-25-13-15-8-11-26-14-15)23-12-18(24)16-4-6-17(20)7-5-16/h4-7,15,18,24H,2-3,8-14H2,1H3,(H2,21,22,23). The lowest BCUT2D eigenvalue weighted by Crippen LogP contribution is -2.38. The molecule has 2 unspecified atom stereocenters. The van der Waals surface area contributed by atoms with Gasteiger partial charge in [-0.15, -0.1) is 0 Å². The summed E-state index contributed by atoms with van der Waals surface area (Å²) in [5, 5.41) is 16.5. The zero-order valence-electron chi connectivity index (χ0n) is 15.4. The molecule has 0 radical (unpaired) electrons. The van der Waals surface area contributed by atoms with E-state index in [1.807, 2.05) is 6.92 Å². The van der Waals surface area contributed by atoms with Crippen LogP contribution in [-0.2, 0) is 9.47 Å². The zero-order valence-corrected chi connectivity index (χ0v) is 15.4. The van der Waals surface area contributed by atoms with Gasteiger partial charge in [0.15, 0.2) is 5.96 Å². The van der Waals surface area contributed by atoms with Crippen LogP contribution in [0.25, 0.3) is 0 Å². The Morgan fingerprint density at radius 2 is 2.19 bits per heavy atom. The minimum absolute atomic E-state index is 0.207. The van der Waals surface area contributed by atoms with Gasteiger partial charge < -0.3 is 25.2 Å². The monoisotopic (exact) mass is 367 g/mol. The van der Waals surface area contributed by atoms with E-state index in [4.69, 9.17) is 9.47 Å². The van der Waals surface area contributed by atoms with Crippen LogP contribution in [0, 0.1) is 11.7 Å². The van der Waals surface area contributed by atoms with Gasteiger partial charge in [0.2, 0.25) is 0 Å². The van der Waals surface area contributed by atoms with Crippen molar-refractivity contribution in [3.8, 4) is 0 Å². The molecule has 2 atom stereocenters. The van der Waals surface area contributed by atoms with Gasteiger partial charge in [-0.3, -0.25) is 4.99 Å². The Labute approximate surface area is 154 Å². The topological polar surface area (TPSA) is 75.1 Å². The van der Waals surface area contributed by atoms with Gasteiger partial charge in [-0.1, -0.05) is 12.1 Å². The van der Waals surface area contributed by atoms with E-state index in [0.717, 1.165) is 45.8 Å². The van der Waals surface area contributed by atoms with E-state index in [1.165, 1.54) is 12.1 Å². The molecule has 0 saturated carbocycles. The molecule has 0 amide bonds. The van der Waals surface area contributed by atoms with Crippen LogP contribution in [0.15, 0.2) is 29.3 Å². The maximum atomic E-state index is 12.9. The molecule has 26 heavy (non-hydrogen) atoms. The second-order valence-corrected chi connectivity index (χ2v) is 6.37. The van der Waals surface area contributed by atoms with Gasteiger partial charge in [-0.2, -0.15) is 0 Å². The van der Waals surface area contributed by atoms with E-state index in [-0.39, 0.29) is 12.4 Å². The molecular formula is C19H30FN3O3. The first-order valence-corrected chi connectivity index (χ1v) is 9.30. The molecule has 0 spiro atoms. The Balaban J connectivity index is 1.65.